The van der Waals surface area contributed by atoms with E-state index in [0.717, 1.165) is 19.3 Å². The van der Waals surface area contributed by atoms with Gasteiger partial charge in [-0.25, -0.2) is 0 Å². The lowest BCUT2D eigenvalue weighted by Gasteiger charge is -2.55. The molecule has 4 fully saturated rings. The largest absolute Gasteiger partial charge is 0.434 e. The highest BCUT2D eigenvalue weighted by Crippen LogP contribution is 2.60. The predicted octanol–water partition coefficient (Wildman–Crippen LogP) is 1.97. The number of Topliss-reactive ketones (excluding diaryl/α,β-unsaturated/α-hetero) is 1. The fourth-order valence-corrected chi connectivity index (χ4v) is 4.76. The van der Waals surface area contributed by atoms with Gasteiger partial charge in [-0.2, -0.15) is 10.1 Å². The number of carbonyl (C=O) groups excluding carboxylic acids is 1. The number of carbonyl (C=O) groups is 1. The summed E-state index contributed by atoms with van der Waals surface area (Å²) in [5.41, 5.74) is 8.07. The van der Waals surface area contributed by atoms with E-state index in [4.69, 9.17) is 10.8 Å². The van der Waals surface area contributed by atoms with Crippen molar-refractivity contribution in [1.29, 1.82) is 5.26 Å². The van der Waals surface area contributed by atoms with E-state index in [0.29, 0.717) is 17.8 Å². The highest BCUT2D eigenvalue weighted by Gasteiger charge is 2.57. The summed E-state index contributed by atoms with van der Waals surface area (Å²) in [6.45, 7) is 0. The molecule has 4 heteroatoms. The molecule has 0 aliphatic heterocycles. The molecule has 0 aromatic heterocycles. The quantitative estimate of drug-likeness (QED) is 0.412. The van der Waals surface area contributed by atoms with Gasteiger partial charge >= 0.3 is 5.71 Å². The topological polar surface area (TPSA) is 77.3 Å². The van der Waals surface area contributed by atoms with Gasteiger partial charge in [-0.15, -0.1) is 0 Å². The first-order valence-corrected chi connectivity index (χ1v) is 6.34. The number of rotatable bonds is 2. The van der Waals surface area contributed by atoms with Gasteiger partial charge in [-0.1, -0.05) is 0 Å². The zero-order chi connectivity index (χ0) is 12.0. The van der Waals surface area contributed by atoms with Gasteiger partial charge < -0.3 is 5.53 Å². The molecule has 0 amide bonds. The van der Waals surface area contributed by atoms with Crippen LogP contribution in [0.2, 0.25) is 0 Å². The van der Waals surface area contributed by atoms with E-state index < -0.39 is 0 Å². The van der Waals surface area contributed by atoms with Crippen LogP contribution in [0.5, 0.6) is 0 Å². The van der Waals surface area contributed by atoms with Crippen molar-refractivity contribution in [3.8, 4) is 6.07 Å². The Morgan fingerprint density at radius 3 is 2.00 bits per heavy atom. The van der Waals surface area contributed by atoms with E-state index in [-0.39, 0.29) is 16.9 Å². The molecule has 0 atom stereocenters. The van der Waals surface area contributed by atoms with Crippen LogP contribution in [0.1, 0.15) is 38.5 Å². The maximum Gasteiger partial charge on any atom is 0.434 e. The Balaban J connectivity index is 1.95. The molecule has 4 bridgehead atoms. The molecular weight excluding hydrogens is 214 g/mol. The van der Waals surface area contributed by atoms with E-state index in [1.807, 2.05) is 0 Å². The van der Waals surface area contributed by atoms with Gasteiger partial charge in [0.1, 0.15) is 0 Å². The molecule has 0 aromatic carbocycles. The Bertz CT molecular complexity index is 432. The molecule has 0 spiro atoms. The van der Waals surface area contributed by atoms with Crippen LogP contribution in [0.3, 0.4) is 0 Å². The molecule has 4 rings (SSSR count). The van der Waals surface area contributed by atoms with E-state index in [9.17, 15) is 4.79 Å². The lowest BCUT2D eigenvalue weighted by atomic mass is 9.48. The van der Waals surface area contributed by atoms with Gasteiger partial charge in [0, 0.05) is 5.41 Å². The lowest BCUT2D eigenvalue weighted by molar-refractivity contribution is -0.140. The Hall–Kier alpha value is -1.46. The SMILES string of the molecule is N#CC(=[N+]=[N-])C(=O)C12CC3CC(CC(C3)C1)C2. The highest BCUT2D eigenvalue weighted by atomic mass is 16.1. The van der Waals surface area contributed by atoms with Crippen LogP contribution in [0, 0.1) is 34.5 Å². The minimum atomic E-state index is -0.369. The summed E-state index contributed by atoms with van der Waals surface area (Å²) in [4.78, 5) is 15.2. The normalized spacial score (nSPS) is 41.7. The van der Waals surface area contributed by atoms with Crippen LogP contribution in [-0.2, 0) is 4.79 Å². The van der Waals surface area contributed by atoms with Crippen LogP contribution in [-0.4, -0.2) is 16.3 Å². The van der Waals surface area contributed by atoms with Crippen molar-refractivity contribution in [2.45, 2.75) is 38.5 Å². The fraction of sp³-hybridized carbons (Fsp3) is 0.769. The Morgan fingerprint density at radius 2 is 1.65 bits per heavy atom. The van der Waals surface area contributed by atoms with Crippen molar-refractivity contribution >= 4 is 11.5 Å². The number of hydrogen-bond donors (Lipinski definition) is 0. The molecule has 4 saturated carbocycles. The smallest absolute Gasteiger partial charge is 0.360 e. The molecule has 0 aromatic rings. The molecule has 88 valence electrons. The summed E-state index contributed by atoms with van der Waals surface area (Å²) in [6, 6.07) is 1.73. The Morgan fingerprint density at radius 1 is 1.18 bits per heavy atom. The molecule has 0 N–H and O–H groups in total. The monoisotopic (exact) mass is 229 g/mol. The molecule has 0 radical (unpaired) electrons. The van der Waals surface area contributed by atoms with Gasteiger partial charge in [0.05, 0.1) is 0 Å². The minimum Gasteiger partial charge on any atom is -0.360 e. The third-order valence-electron chi connectivity index (χ3n) is 4.94. The number of hydrogen-bond acceptors (Lipinski definition) is 2. The Kier molecular flexibility index (Phi) is 2.21. The summed E-state index contributed by atoms with van der Waals surface area (Å²) >= 11 is 0. The number of nitriles is 1. The zero-order valence-electron chi connectivity index (χ0n) is 9.72. The average Bonchev–Trinajstić information content (AvgIpc) is 2.28. The number of ketones is 1. The lowest BCUT2D eigenvalue weighted by Crippen LogP contribution is -2.51. The second-order valence-electron chi connectivity index (χ2n) is 6.09. The van der Waals surface area contributed by atoms with Crippen molar-refractivity contribution in [2.24, 2.45) is 23.2 Å². The van der Waals surface area contributed by atoms with E-state index in [1.54, 1.807) is 6.07 Å². The van der Waals surface area contributed by atoms with Crippen LogP contribution < -0.4 is 0 Å². The van der Waals surface area contributed by atoms with Crippen molar-refractivity contribution in [3.05, 3.63) is 5.53 Å². The van der Waals surface area contributed by atoms with Crippen molar-refractivity contribution < 1.29 is 9.58 Å². The average molecular weight is 229 g/mol. The van der Waals surface area contributed by atoms with Gasteiger partial charge in [-0.3, -0.25) is 4.79 Å². The maximum absolute atomic E-state index is 12.3. The first-order chi connectivity index (χ1) is 8.16. The molecule has 17 heavy (non-hydrogen) atoms. The first kappa shape index (κ1) is 10.7. The Labute approximate surface area is 100 Å². The highest BCUT2D eigenvalue weighted by molar-refractivity contribution is 6.45. The third-order valence-corrected chi connectivity index (χ3v) is 4.94. The van der Waals surface area contributed by atoms with Crippen molar-refractivity contribution in [1.82, 2.24) is 0 Å². The molecular formula is C13H15N3O. The van der Waals surface area contributed by atoms with Crippen molar-refractivity contribution in [2.75, 3.05) is 0 Å². The summed E-state index contributed by atoms with van der Waals surface area (Å²) < 4.78 is 0. The first-order valence-electron chi connectivity index (χ1n) is 6.34. The third kappa shape index (κ3) is 1.46. The molecule has 0 heterocycles. The van der Waals surface area contributed by atoms with Crippen molar-refractivity contribution in [3.63, 3.8) is 0 Å². The fourth-order valence-electron chi connectivity index (χ4n) is 4.76. The van der Waals surface area contributed by atoms with Crippen LogP contribution in [0.25, 0.3) is 5.53 Å². The summed E-state index contributed by atoms with van der Waals surface area (Å²) in [5, 5.41) is 8.84. The van der Waals surface area contributed by atoms with Gasteiger partial charge in [-0.05, 0) is 56.3 Å². The van der Waals surface area contributed by atoms with Gasteiger partial charge in [0.2, 0.25) is 0 Å². The van der Waals surface area contributed by atoms with Gasteiger partial charge in [0.25, 0.3) is 5.78 Å². The second-order valence-corrected chi connectivity index (χ2v) is 6.09. The molecule has 0 saturated heterocycles. The van der Waals surface area contributed by atoms with Crippen LogP contribution >= 0.6 is 0 Å². The summed E-state index contributed by atoms with van der Waals surface area (Å²) in [6.07, 6.45) is 6.47. The zero-order valence-corrected chi connectivity index (χ0v) is 9.72. The van der Waals surface area contributed by atoms with E-state index in [1.165, 1.54) is 19.3 Å². The summed E-state index contributed by atoms with van der Waals surface area (Å²) in [7, 11) is 0. The van der Waals surface area contributed by atoms with E-state index in [2.05, 4.69) is 4.79 Å². The molecule has 4 nitrogen and oxygen atoms in total. The molecule has 4 aliphatic rings. The summed E-state index contributed by atoms with van der Waals surface area (Å²) in [5.74, 6) is 1.76. The van der Waals surface area contributed by atoms with Gasteiger partial charge in [0.15, 0.2) is 6.07 Å². The van der Waals surface area contributed by atoms with E-state index >= 15 is 0 Å². The van der Waals surface area contributed by atoms with Crippen LogP contribution in [0.15, 0.2) is 0 Å². The standard InChI is InChI=1S/C13H15N3O/c14-7-11(16-15)12(17)13-4-8-1-9(5-13)3-10(2-8)6-13/h8-10H,1-6H2. The molecule has 4 aliphatic carbocycles. The van der Waals surface area contributed by atoms with Crippen LogP contribution in [0.4, 0.5) is 0 Å². The maximum atomic E-state index is 12.3. The predicted molar refractivity (Wildman–Crippen MR) is 59.9 cm³/mol. The molecule has 0 unspecified atom stereocenters. The number of nitrogens with zero attached hydrogens (tertiary/aromatic N) is 3. The second kappa shape index (κ2) is 3.51. The minimum absolute atomic E-state index is 0.207.